The highest BCUT2D eigenvalue weighted by Gasteiger charge is 2.30. The van der Waals surface area contributed by atoms with Crippen molar-refractivity contribution in [3.8, 4) is 0 Å². The van der Waals surface area contributed by atoms with Crippen LogP contribution in [0.3, 0.4) is 0 Å². The molecule has 1 aromatic rings. The third kappa shape index (κ3) is 2.99. The smallest absolute Gasteiger partial charge is 0.249 e. The van der Waals surface area contributed by atoms with Crippen LogP contribution in [0.4, 0.5) is 10.8 Å². The summed E-state index contributed by atoms with van der Waals surface area (Å²) in [5, 5.41) is 0.675. The van der Waals surface area contributed by atoms with Crippen molar-refractivity contribution in [3.63, 3.8) is 0 Å². The maximum atomic E-state index is 12.3. The maximum Gasteiger partial charge on any atom is 0.249 e. The number of sulfonamides is 1. The first-order valence-corrected chi connectivity index (χ1v) is 9.32. The molecule has 2 rings (SSSR count). The van der Waals surface area contributed by atoms with E-state index in [1.54, 1.807) is 0 Å². The molecule has 0 atom stereocenters. The lowest BCUT2D eigenvalue weighted by molar-refractivity contribution is 0.521. The molecule has 1 fully saturated rings. The normalized spacial score (nSPS) is 17.7. The summed E-state index contributed by atoms with van der Waals surface area (Å²) in [7, 11) is -0.531. The van der Waals surface area contributed by atoms with E-state index in [9.17, 15) is 8.42 Å². The molecule has 0 aliphatic carbocycles. The summed E-state index contributed by atoms with van der Waals surface area (Å²) in [5.74, 6) is 2.21. The lowest BCUT2D eigenvalue weighted by Crippen LogP contribution is -2.29. The Morgan fingerprint density at radius 3 is 2.74 bits per heavy atom. The Labute approximate surface area is 122 Å². The monoisotopic (exact) mass is 322 g/mol. The molecule has 108 valence electrons. The molecule has 0 aromatic carbocycles. The Hall–Kier alpha value is -0.510. The first kappa shape index (κ1) is 14.9. The predicted octanol–water partition coefficient (Wildman–Crippen LogP) is 0.919. The molecule has 2 heterocycles. The van der Waals surface area contributed by atoms with Crippen LogP contribution in [0.1, 0.15) is 6.42 Å². The van der Waals surface area contributed by atoms with Gasteiger partial charge in [0.25, 0.3) is 0 Å². The summed E-state index contributed by atoms with van der Waals surface area (Å²) in [4.78, 5) is 2.25. The molecule has 0 spiro atoms. The number of nitrogens with zero attached hydrogens (tertiary/aromatic N) is 3. The van der Waals surface area contributed by atoms with Crippen molar-refractivity contribution in [3.05, 3.63) is 0 Å². The Kier molecular flexibility index (Phi) is 4.59. The second-order valence-electron chi connectivity index (χ2n) is 4.44. The molecular weight excluding hydrogens is 304 g/mol. The third-order valence-corrected chi connectivity index (χ3v) is 6.89. The van der Waals surface area contributed by atoms with E-state index >= 15 is 0 Å². The second kappa shape index (κ2) is 5.86. The number of hydrogen-bond acceptors (Lipinski definition) is 7. The fourth-order valence-corrected chi connectivity index (χ4v) is 5.02. The van der Waals surface area contributed by atoms with E-state index in [-0.39, 0.29) is 10.7 Å². The van der Waals surface area contributed by atoms with Gasteiger partial charge in [-0.15, -0.1) is 0 Å². The van der Waals surface area contributed by atoms with Gasteiger partial charge in [-0.05, 0) is 23.7 Å². The number of rotatable bonds is 3. The first-order chi connectivity index (χ1) is 8.94. The topological polar surface area (TPSA) is 79.5 Å². The van der Waals surface area contributed by atoms with Crippen molar-refractivity contribution in [2.75, 3.05) is 49.3 Å². The van der Waals surface area contributed by atoms with Gasteiger partial charge in [0.1, 0.15) is 5.00 Å². The molecule has 6 nitrogen and oxygen atoms in total. The van der Waals surface area contributed by atoms with Crippen LogP contribution in [0.25, 0.3) is 0 Å². The molecular formula is C10H18N4O2S3. The van der Waals surface area contributed by atoms with Crippen molar-refractivity contribution in [2.24, 2.45) is 0 Å². The second-order valence-corrected chi connectivity index (χ2v) is 8.51. The minimum atomic E-state index is -3.55. The Balaban J connectivity index is 2.42. The molecule has 0 unspecified atom stereocenters. The van der Waals surface area contributed by atoms with Crippen LogP contribution in [0.5, 0.6) is 0 Å². The van der Waals surface area contributed by atoms with E-state index in [0.29, 0.717) is 5.00 Å². The van der Waals surface area contributed by atoms with Gasteiger partial charge in [-0.2, -0.15) is 16.1 Å². The maximum absolute atomic E-state index is 12.3. The van der Waals surface area contributed by atoms with Gasteiger partial charge in [0.05, 0.1) is 0 Å². The van der Waals surface area contributed by atoms with Crippen LogP contribution >= 0.6 is 23.3 Å². The average Bonchev–Trinajstić information content (AvgIpc) is 2.59. The Bertz CT molecular complexity index is 533. The van der Waals surface area contributed by atoms with E-state index in [0.717, 1.165) is 31.0 Å². The number of aromatic nitrogens is 1. The van der Waals surface area contributed by atoms with Crippen LogP contribution in [0.2, 0.25) is 0 Å². The molecule has 0 amide bonds. The molecule has 1 aliphatic heterocycles. The fourth-order valence-electron chi connectivity index (χ4n) is 1.86. The largest absolute Gasteiger partial charge is 0.382 e. The van der Waals surface area contributed by atoms with Crippen molar-refractivity contribution in [2.45, 2.75) is 11.3 Å². The summed E-state index contributed by atoms with van der Waals surface area (Å²) < 4.78 is 29.9. The molecule has 19 heavy (non-hydrogen) atoms. The van der Waals surface area contributed by atoms with Crippen LogP contribution in [0, 0.1) is 0 Å². The zero-order valence-corrected chi connectivity index (χ0v) is 13.4. The van der Waals surface area contributed by atoms with Crippen LogP contribution in [-0.4, -0.2) is 55.8 Å². The molecule has 0 saturated carbocycles. The molecule has 1 aromatic heterocycles. The molecule has 1 aliphatic rings. The van der Waals surface area contributed by atoms with Gasteiger partial charge in [-0.3, -0.25) is 0 Å². The summed E-state index contributed by atoms with van der Waals surface area (Å²) in [6, 6.07) is 0. The number of nitrogen functional groups attached to an aromatic ring is 1. The summed E-state index contributed by atoms with van der Waals surface area (Å²) >= 11 is 3.06. The van der Waals surface area contributed by atoms with Gasteiger partial charge in [-0.25, -0.2) is 12.7 Å². The van der Waals surface area contributed by atoms with E-state index < -0.39 is 10.0 Å². The first-order valence-electron chi connectivity index (χ1n) is 5.95. The van der Waals surface area contributed by atoms with Gasteiger partial charge < -0.3 is 10.6 Å². The third-order valence-electron chi connectivity index (χ3n) is 2.91. The highest BCUT2D eigenvalue weighted by Crippen LogP contribution is 2.36. The minimum absolute atomic E-state index is 0.102. The minimum Gasteiger partial charge on any atom is -0.382 e. The predicted molar refractivity (Wildman–Crippen MR) is 81.6 cm³/mol. The number of anilines is 2. The number of hydrogen-bond donors (Lipinski definition) is 1. The van der Waals surface area contributed by atoms with Gasteiger partial charge in [-0.1, -0.05) is 0 Å². The molecule has 9 heteroatoms. The van der Waals surface area contributed by atoms with E-state index in [2.05, 4.69) is 9.27 Å². The lowest BCUT2D eigenvalue weighted by Gasteiger charge is -2.22. The number of nitrogens with two attached hydrogens (primary N) is 1. The van der Waals surface area contributed by atoms with Gasteiger partial charge >= 0.3 is 0 Å². The fraction of sp³-hybridized carbons (Fsp3) is 0.700. The zero-order valence-electron chi connectivity index (χ0n) is 11.0. The Morgan fingerprint density at radius 1 is 1.32 bits per heavy atom. The highest BCUT2D eigenvalue weighted by molar-refractivity contribution is 7.99. The van der Waals surface area contributed by atoms with Gasteiger partial charge in [0.15, 0.2) is 10.7 Å². The van der Waals surface area contributed by atoms with E-state index in [1.807, 2.05) is 11.8 Å². The molecule has 1 saturated heterocycles. The van der Waals surface area contributed by atoms with Crippen LogP contribution in [0.15, 0.2) is 4.90 Å². The van der Waals surface area contributed by atoms with Crippen LogP contribution < -0.4 is 10.6 Å². The summed E-state index contributed by atoms with van der Waals surface area (Å²) in [6.07, 6.45) is 1.05. The quantitative estimate of drug-likeness (QED) is 0.891. The van der Waals surface area contributed by atoms with Crippen molar-refractivity contribution in [1.82, 2.24) is 8.68 Å². The highest BCUT2D eigenvalue weighted by atomic mass is 32.2. The summed E-state index contributed by atoms with van der Waals surface area (Å²) in [5.41, 5.74) is 5.77. The van der Waals surface area contributed by atoms with E-state index in [4.69, 9.17) is 5.73 Å². The van der Waals surface area contributed by atoms with Gasteiger partial charge in [0.2, 0.25) is 10.0 Å². The molecule has 2 N–H and O–H groups in total. The standard InChI is InChI=1S/C10H18N4O2S3/c1-13(2)19(15,16)8-9(11)12-18-10(8)14-4-3-6-17-7-5-14/h3-7H2,1-2H3,(H2,11,12). The van der Waals surface area contributed by atoms with Gasteiger partial charge in [0, 0.05) is 32.9 Å². The summed E-state index contributed by atoms with van der Waals surface area (Å²) in [6.45, 7) is 1.69. The van der Waals surface area contributed by atoms with Crippen LogP contribution in [-0.2, 0) is 10.0 Å². The zero-order chi connectivity index (χ0) is 14.0. The SMILES string of the molecule is CN(C)S(=O)(=O)c1c(N)nsc1N1CCCSCC1. The molecule has 0 bridgehead atoms. The number of thioether (sulfide) groups is 1. The lowest BCUT2D eigenvalue weighted by atomic mass is 10.4. The average molecular weight is 322 g/mol. The van der Waals surface area contributed by atoms with Crippen molar-refractivity contribution < 1.29 is 8.42 Å². The Morgan fingerprint density at radius 2 is 2.05 bits per heavy atom. The van der Waals surface area contributed by atoms with Crippen molar-refractivity contribution in [1.29, 1.82) is 0 Å². The van der Waals surface area contributed by atoms with E-state index in [1.165, 1.54) is 29.9 Å². The molecule has 0 radical (unpaired) electrons. The van der Waals surface area contributed by atoms with Crippen molar-refractivity contribution >= 4 is 44.1 Å².